The van der Waals surface area contributed by atoms with Gasteiger partial charge in [0.2, 0.25) is 0 Å². The summed E-state index contributed by atoms with van der Waals surface area (Å²) < 4.78 is 0. The Morgan fingerprint density at radius 1 is 0.280 bits per heavy atom. The molecule has 0 heteroatoms. The second kappa shape index (κ2) is 14.0. The molecule has 0 nitrogen and oxygen atoms in total. The average Bonchev–Trinajstić information content (AvgIpc) is 3.19. The third-order valence-electron chi connectivity index (χ3n) is 10.8. The molecule has 0 radical (unpaired) electrons. The number of rotatable bonds is 9. The Bertz CT molecular complexity index is 2150. The van der Waals surface area contributed by atoms with Gasteiger partial charge in [-0.1, -0.05) is 208 Å². The minimum Gasteiger partial charge on any atom is -0.0622 e. The Hall–Kier alpha value is -5.72. The zero-order chi connectivity index (χ0) is 33.9. The van der Waals surface area contributed by atoms with Gasteiger partial charge >= 0.3 is 0 Å². The van der Waals surface area contributed by atoms with E-state index in [4.69, 9.17) is 0 Å². The summed E-state index contributed by atoms with van der Waals surface area (Å²) in [6, 6.07) is 71.6. The van der Waals surface area contributed by atoms with E-state index in [1.165, 1.54) is 66.1 Å². The van der Waals surface area contributed by atoms with Crippen LogP contribution in [0.2, 0.25) is 0 Å². The molecule has 0 N–H and O–H groups in total. The summed E-state index contributed by atoms with van der Waals surface area (Å²) >= 11 is 0. The summed E-state index contributed by atoms with van der Waals surface area (Å²) in [6.07, 6.45) is 0. The molecule has 8 aromatic rings. The fourth-order valence-electron chi connectivity index (χ4n) is 8.18. The molecule has 50 heavy (non-hydrogen) atoms. The summed E-state index contributed by atoms with van der Waals surface area (Å²) in [5, 5.41) is 5.24. The van der Waals surface area contributed by atoms with Crippen molar-refractivity contribution in [1.29, 1.82) is 0 Å². The number of hydrogen-bond donors (Lipinski definition) is 0. The first-order chi connectivity index (χ1) is 24.7. The molecule has 0 bridgehead atoms. The van der Waals surface area contributed by atoms with Gasteiger partial charge in [-0.2, -0.15) is 0 Å². The molecular formula is C50H42. The van der Waals surface area contributed by atoms with E-state index < -0.39 is 0 Å². The van der Waals surface area contributed by atoms with Crippen molar-refractivity contribution >= 4 is 21.5 Å². The van der Waals surface area contributed by atoms with Crippen LogP contribution in [-0.4, -0.2) is 0 Å². The van der Waals surface area contributed by atoms with Crippen LogP contribution in [0.1, 0.15) is 70.9 Å². The summed E-state index contributed by atoms with van der Waals surface area (Å²) in [5.41, 5.74) is 10.7. The Kier molecular flexibility index (Phi) is 8.85. The number of benzene rings is 8. The van der Waals surface area contributed by atoms with Crippen molar-refractivity contribution < 1.29 is 0 Å². The molecule has 4 unspecified atom stereocenters. The third-order valence-corrected chi connectivity index (χ3v) is 10.8. The zero-order valence-corrected chi connectivity index (χ0v) is 28.8. The van der Waals surface area contributed by atoms with E-state index in [0.717, 1.165) is 0 Å². The molecular weight excluding hydrogens is 601 g/mol. The first kappa shape index (κ1) is 31.5. The molecule has 8 rings (SSSR count). The molecule has 0 spiro atoms. The van der Waals surface area contributed by atoms with Crippen molar-refractivity contribution in [3.63, 3.8) is 0 Å². The average molecular weight is 643 g/mol. The Labute approximate surface area is 296 Å². The van der Waals surface area contributed by atoms with E-state index in [0.29, 0.717) is 11.8 Å². The third kappa shape index (κ3) is 6.14. The van der Waals surface area contributed by atoms with Crippen molar-refractivity contribution in [3.8, 4) is 11.1 Å². The SMILES string of the molecule is CC(c1ccc(-c2ccc(C(C)C(c3ccccc3)c3cccc4ccccc34)cc2)cc1)C(c1ccccc1)c1cccc2ccccc12. The van der Waals surface area contributed by atoms with Gasteiger partial charge in [0.05, 0.1) is 0 Å². The lowest BCUT2D eigenvalue weighted by atomic mass is 9.76. The van der Waals surface area contributed by atoms with Crippen LogP contribution >= 0.6 is 0 Å². The summed E-state index contributed by atoms with van der Waals surface area (Å²) in [6.45, 7) is 4.76. The summed E-state index contributed by atoms with van der Waals surface area (Å²) in [7, 11) is 0. The number of fused-ring (bicyclic) bond motifs is 2. The molecule has 4 atom stereocenters. The van der Waals surface area contributed by atoms with Crippen molar-refractivity contribution in [2.24, 2.45) is 0 Å². The van der Waals surface area contributed by atoms with Crippen LogP contribution in [0.15, 0.2) is 194 Å². The molecule has 0 amide bonds. The van der Waals surface area contributed by atoms with Gasteiger partial charge in [0.15, 0.2) is 0 Å². The maximum Gasteiger partial charge on any atom is 0.0161 e. The lowest BCUT2D eigenvalue weighted by Gasteiger charge is -2.27. The first-order valence-electron chi connectivity index (χ1n) is 17.9. The van der Waals surface area contributed by atoms with Crippen LogP contribution in [-0.2, 0) is 0 Å². The van der Waals surface area contributed by atoms with E-state index in [9.17, 15) is 0 Å². The fraction of sp³-hybridized carbons (Fsp3) is 0.120. The Balaban J connectivity index is 1.09. The molecule has 0 aromatic heterocycles. The van der Waals surface area contributed by atoms with E-state index in [-0.39, 0.29) is 11.8 Å². The molecule has 0 aliphatic rings. The minimum absolute atomic E-state index is 0.244. The molecule has 0 saturated heterocycles. The second-order valence-electron chi connectivity index (χ2n) is 13.7. The standard InChI is InChI=1S/C50H42/c1-35(49(43-17-5-3-6-18-43)47-25-13-21-41-15-9-11-23-45(41)47)37-27-31-39(32-28-37)40-33-29-38(30-34-40)36(2)50(44-19-7-4-8-20-44)48-26-14-22-42-16-10-12-24-46(42)48/h3-36,49-50H,1-2H3. The Morgan fingerprint density at radius 2 is 0.620 bits per heavy atom. The molecule has 0 aliphatic carbocycles. The molecule has 0 aliphatic heterocycles. The van der Waals surface area contributed by atoms with E-state index in [2.05, 4.69) is 208 Å². The van der Waals surface area contributed by atoms with Gasteiger partial charge in [-0.05, 0) is 77.9 Å². The highest BCUT2D eigenvalue weighted by Crippen LogP contribution is 2.43. The van der Waals surface area contributed by atoms with E-state index >= 15 is 0 Å². The highest BCUT2D eigenvalue weighted by atomic mass is 14.3. The molecule has 242 valence electrons. The molecule has 0 fully saturated rings. The highest BCUT2D eigenvalue weighted by Gasteiger charge is 2.26. The zero-order valence-electron chi connectivity index (χ0n) is 28.8. The molecule has 0 saturated carbocycles. The van der Waals surface area contributed by atoms with Gasteiger partial charge in [0.25, 0.3) is 0 Å². The van der Waals surface area contributed by atoms with Crippen molar-refractivity contribution in [1.82, 2.24) is 0 Å². The maximum atomic E-state index is 2.38. The highest BCUT2D eigenvalue weighted by molar-refractivity contribution is 5.87. The van der Waals surface area contributed by atoms with Gasteiger partial charge < -0.3 is 0 Å². The Morgan fingerprint density at radius 3 is 1.02 bits per heavy atom. The summed E-state index contributed by atoms with van der Waals surface area (Å²) in [4.78, 5) is 0. The second-order valence-corrected chi connectivity index (χ2v) is 13.7. The van der Waals surface area contributed by atoms with Crippen LogP contribution in [0.25, 0.3) is 32.7 Å². The quantitative estimate of drug-likeness (QED) is 0.147. The van der Waals surface area contributed by atoms with Gasteiger partial charge in [0, 0.05) is 11.8 Å². The molecule has 0 heterocycles. The van der Waals surface area contributed by atoms with E-state index in [1.807, 2.05) is 0 Å². The van der Waals surface area contributed by atoms with Crippen molar-refractivity contribution in [2.75, 3.05) is 0 Å². The number of hydrogen-bond acceptors (Lipinski definition) is 0. The van der Waals surface area contributed by atoms with Crippen LogP contribution < -0.4 is 0 Å². The van der Waals surface area contributed by atoms with Crippen LogP contribution in [0.4, 0.5) is 0 Å². The van der Waals surface area contributed by atoms with Crippen LogP contribution in [0.5, 0.6) is 0 Å². The smallest absolute Gasteiger partial charge is 0.0161 e. The van der Waals surface area contributed by atoms with Crippen molar-refractivity contribution in [3.05, 3.63) is 228 Å². The van der Waals surface area contributed by atoms with Gasteiger partial charge in [-0.3, -0.25) is 0 Å². The minimum atomic E-state index is 0.244. The predicted octanol–water partition coefficient (Wildman–Crippen LogP) is 13.5. The maximum absolute atomic E-state index is 2.38. The van der Waals surface area contributed by atoms with E-state index in [1.54, 1.807) is 0 Å². The monoisotopic (exact) mass is 642 g/mol. The normalized spacial score (nSPS) is 13.9. The largest absolute Gasteiger partial charge is 0.0622 e. The summed E-state index contributed by atoms with van der Waals surface area (Å²) in [5.74, 6) is 1.08. The van der Waals surface area contributed by atoms with Gasteiger partial charge in [-0.25, -0.2) is 0 Å². The lowest BCUT2D eigenvalue weighted by Crippen LogP contribution is -2.11. The molecule has 8 aromatic carbocycles. The first-order valence-corrected chi connectivity index (χ1v) is 17.9. The van der Waals surface area contributed by atoms with Gasteiger partial charge in [0.1, 0.15) is 0 Å². The van der Waals surface area contributed by atoms with Gasteiger partial charge in [-0.15, -0.1) is 0 Å². The topological polar surface area (TPSA) is 0 Å². The van der Waals surface area contributed by atoms with Crippen molar-refractivity contribution in [2.45, 2.75) is 37.5 Å². The lowest BCUT2D eigenvalue weighted by molar-refractivity contribution is 0.661. The fourth-order valence-corrected chi connectivity index (χ4v) is 8.18. The predicted molar refractivity (Wildman–Crippen MR) is 213 cm³/mol. The van der Waals surface area contributed by atoms with Crippen LogP contribution in [0.3, 0.4) is 0 Å². The van der Waals surface area contributed by atoms with Crippen LogP contribution in [0, 0.1) is 0 Å².